The number of hydrogen-bond donors (Lipinski definition) is 2. The molecule has 4 heteroatoms. The van der Waals surface area contributed by atoms with Gasteiger partial charge in [-0.3, -0.25) is 0 Å². The van der Waals surface area contributed by atoms with Gasteiger partial charge in [-0.15, -0.1) is 0 Å². The fourth-order valence-corrected chi connectivity index (χ4v) is 3.32. The number of pyridine rings is 1. The Hall–Kier alpha value is -1.91. The summed E-state index contributed by atoms with van der Waals surface area (Å²) < 4.78 is 5.60. The predicted molar refractivity (Wildman–Crippen MR) is 98.2 cm³/mol. The molecule has 128 valence electrons. The first-order chi connectivity index (χ1) is 11.7. The molecule has 0 amide bonds. The summed E-state index contributed by atoms with van der Waals surface area (Å²) in [5, 5.41) is 7.39. The molecule has 1 aliphatic heterocycles. The van der Waals surface area contributed by atoms with E-state index in [4.69, 9.17) is 4.74 Å². The molecule has 4 nitrogen and oxygen atoms in total. The molecule has 2 heterocycles. The van der Waals surface area contributed by atoms with Gasteiger partial charge in [0.1, 0.15) is 5.82 Å². The van der Waals surface area contributed by atoms with Gasteiger partial charge in [-0.25, -0.2) is 4.98 Å². The standard InChI is InChI=1S/C20H27N3O/c1-16-7-6-10-19(22-16)21-15-20(11-13-24-14-12-20)23-17(2)18-8-4-3-5-9-18/h3-10,17,23H,11-15H2,1-2H3,(H,21,22). The number of nitrogens with zero attached hydrogens (tertiary/aromatic N) is 1. The summed E-state index contributed by atoms with van der Waals surface area (Å²) in [6, 6.07) is 17.0. The summed E-state index contributed by atoms with van der Waals surface area (Å²) >= 11 is 0. The Morgan fingerprint density at radius 1 is 1.08 bits per heavy atom. The number of nitrogens with one attached hydrogen (secondary N) is 2. The lowest BCUT2D eigenvalue weighted by Crippen LogP contribution is -2.54. The van der Waals surface area contributed by atoms with Crippen molar-refractivity contribution in [1.82, 2.24) is 10.3 Å². The quantitative estimate of drug-likeness (QED) is 0.850. The first-order valence-electron chi connectivity index (χ1n) is 8.75. The normalized spacial score (nSPS) is 18.1. The van der Waals surface area contributed by atoms with Gasteiger partial charge >= 0.3 is 0 Å². The van der Waals surface area contributed by atoms with Crippen LogP contribution in [0.4, 0.5) is 5.82 Å². The zero-order chi connectivity index (χ0) is 16.8. The molecular formula is C20H27N3O. The zero-order valence-corrected chi connectivity index (χ0v) is 14.6. The van der Waals surface area contributed by atoms with E-state index in [-0.39, 0.29) is 5.54 Å². The minimum atomic E-state index is 0.0267. The zero-order valence-electron chi connectivity index (χ0n) is 14.6. The van der Waals surface area contributed by atoms with E-state index in [2.05, 4.69) is 52.9 Å². The second kappa shape index (κ2) is 7.77. The molecule has 0 bridgehead atoms. The average molecular weight is 325 g/mol. The highest BCUT2D eigenvalue weighted by Crippen LogP contribution is 2.26. The number of rotatable bonds is 6. The Kier molecular flexibility index (Phi) is 5.48. The second-order valence-electron chi connectivity index (χ2n) is 6.69. The number of hydrogen-bond acceptors (Lipinski definition) is 4. The minimum absolute atomic E-state index is 0.0267. The largest absolute Gasteiger partial charge is 0.381 e. The SMILES string of the molecule is Cc1cccc(NCC2(NC(C)c3ccccc3)CCOCC2)n1. The third-order valence-electron chi connectivity index (χ3n) is 4.77. The van der Waals surface area contributed by atoms with E-state index in [9.17, 15) is 0 Å². The van der Waals surface area contributed by atoms with Crippen LogP contribution in [-0.2, 0) is 4.74 Å². The number of ether oxygens (including phenoxy) is 1. The van der Waals surface area contributed by atoms with Crippen molar-refractivity contribution in [2.45, 2.75) is 38.3 Å². The van der Waals surface area contributed by atoms with Crippen molar-refractivity contribution in [3.63, 3.8) is 0 Å². The molecule has 0 spiro atoms. The number of benzene rings is 1. The summed E-state index contributed by atoms with van der Waals surface area (Å²) in [6.07, 6.45) is 2.01. The van der Waals surface area contributed by atoms with E-state index in [1.54, 1.807) is 0 Å². The molecule has 2 N–H and O–H groups in total. The van der Waals surface area contributed by atoms with Gasteiger partial charge in [-0.1, -0.05) is 36.4 Å². The highest BCUT2D eigenvalue weighted by atomic mass is 16.5. The van der Waals surface area contributed by atoms with Gasteiger partial charge in [0.15, 0.2) is 0 Å². The Morgan fingerprint density at radius 3 is 2.54 bits per heavy atom. The molecule has 1 aromatic heterocycles. The number of aryl methyl sites for hydroxylation is 1. The van der Waals surface area contributed by atoms with Crippen LogP contribution >= 0.6 is 0 Å². The minimum Gasteiger partial charge on any atom is -0.381 e. The molecule has 0 radical (unpaired) electrons. The Labute approximate surface area is 144 Å². The van der Waals surface area contributed by atoms with Gasteiger partial charge in [0.2, 0.25) is 0 Å². The van der Waals surface area contributed by atoms with Crippen molar-refractivity contribution in [3.8, 4) is 0 Å². The summed E-state index contributed by atoms with van der Waals surface area (Å²) in [5.74, 6) is 0.940. The van der Waals surface area contributed by atoms with Crippen LogP contribution < -0.4 is 10.6 Å². The van der Waals surface area contributed by atoms with Gasteiger partial charge in [0.25, 0.3) is 0 Å². The Bertz CT molecular complexity index is 638. The third-order valence-corrected chi connectivity index (χ3v) is 4.77. The molecule has 1 unspecified atom stereocenters. The molecular weight excluding hydrogens is 298 g/mol. The molecule has 1 aromatic carbocycles. The van der Waals surface area contributed by atoms with Crippen molar-refractivity contribution in [3.05, 3.63) is 59.8 Å². The molecule has 1 aliphatic rings. The molecule has 1 fully saturated rings. The number of anilines is 1. The summed E-state index contributed by atoms with van der Waals surface area (Å²) in [6.45, 7) is 6.71. The van der Waals surface area contributed by atoms with E-state index in [1.807, 2.05) is 25.1 Å². The van der Waals surface area contributed by atoms with E-state index < -0.39 is 0 Å². The van der Waals surface area contributed by atoms with Gasteiger partial charge in [0, 0.05) is 37.0 Å². The molecule has 0 saturated carbocycles. The smallest absolute Gasteiger partial charge is 0.126 e. The van der Waals surface area contributed by atoms with Crippen molar-refractivity contribution in [2.75, 3.05) is 25.1 Å². The van der Waals surface area contributed by atoms with E-state index >= 15 is 0 Å². The summed E-state index contributed by atoms with van der Waals surface area (Å²) in [4.78, 5) is 4.56. The van der Waals surface area contributed by atoms with Crippen LogP contribution in [0.1, 0.15) is 37.1 Å². The van der Waals surface area contributed by atoms with Crippen LogP contribution in [-0.4, -0.2) is 30.3 Å². The monoisotopic (exact) mass is 325 g/mol. The van der Waals surface area contributed by atoms with Gasteiger partial charge < -0.3 is 15.4 Å². The number of aromatic nitrogens is 1. The van der Waals surface area contributed by atoms with Crippen molar-refractivity contribution in [2.24, 2.45) is 0 Å². The average Bonchev–Trinajstić information content (AvgIpc) is 2.62. The van der Waals surface area contributed by atoms with Crippen LogP contribution in [0, 0.1) is 6.92 Å². The van der Waals surface area contributed by atoms with Crippen LogP contribution in [0.3, 0.4) is 0 Å². The van der Waals surface area contributed by atoms with Gasteiger partial charge in [-0.2, -0.15) is 0 Å². The summed E-state index contributed by atoms with van der Waals surface area (Å²) in [7, 11) is 0. The van der Waals surface area contributed by atoms with Crippen LogP contribution in [0.25, 0.3) is 0 Å². The fourth-order valence-electron chi connectivity index (χ4n) is 3.32. The van der Waals surface area contributed by atoms with E-state index in [0.717, 1.165) is 44.1 Å². The molecule has 3 rings (SSSR count). The van der Waals surface area contributed by atoms with Crippen molar-refractivity contribution >= 4 is 5.82 Å². The molecule has 0 aliphatic carbocycles. The highest BCUT2D eigenvalue weighted by molar-refractivity contribution is 5.36. The maximum Gasteiger partial charge on any atom is 0.126 e. The second-order valence-corrected chi connectivity index (χ2v) is 6.69. The van der Waals surface area contributed by atoms with Gasteiger partial charge in [-0.05, 0) is 44.4 Å². The van der Waals surface area contributed by atoms with Gasteiger partial charge in [0.05, 0.1) is 0 Å². The third kappa shape index (κ3) is 4.34. The Balaban J connectivity index is 1.70. The van der Waals surface area contributed by atoms with Crippen LogP contribution in [0.15, 0.2) is 48.5 Å². The Morgan fingerprint density at radius 2 is 1.83 bits per heavy atom. The van der Waals surface area contributed by atoms with Crippen molar-refractivity contribution < 1.29 is 4.74 Å². The lowest BCUT2D eigenvalue weighted by Gasteiger charge is -2.40. The molecule has 1 atom stereocenters. The molecule has 1 saturated heterocycles. The molecule has 24 heavy (non-hydrogen) atoms. The first-order valence-corrected chi connectivity index (χ1v) is 8.75. The maximum atomic E-state index is 5.60. The summed E-state index contributed by atoms with van der Waals surface area (Å²) in [5.41, 5.74) is 2.38. The van der Waals surface area contributed by atoms with Crippen LogP contribution in [0.2, 0.25) is 0 Å². The van der Waals surface area contributed by atoms with Crippen LogP contribution in [0.5, 0.6) is 0 Å². The van der Waals surface area contributed by atoms with E-state index in [1.165, 1.54) is 5.56 Å². The first kappa shape index (κ1) is 16.9. The lowest BCUT2D eigenvalue weighted by molar-refractivity contribution is 0.0389. The topological polar surface area (TPSA) is 46.2 Å². The fraction of sp³-hybridized carbons (Fsp3) is 0.450. The maximum absolute atomic E-state index is 5.60. The highest BCUT2D eigenvalue weighted by Gasteiger charge is 2.33. The molecule has 2 aromatic rings. The van der Waals surface area contributed by atoms with Crippen molar-refractivity contribution in [1.29, 1.82) is 0 Å². The predicted octanol–water partition coefficient (Wildman–Crippen LogP) is 3.70. The lowest BCUT2D eigenvalue weighted by atomic mass is 9.88. The van der Waals surface area contributed by atoms with E-state index in [0.29, 0.717) is 6.04 Å².